The molecule has 1 amide bonds. The van der Waals surface area contributed by atoms with Crippen molar-refractivity contribution in [1.82, 2.24) is 10.2 Å². The fourth-order valence-electron chi connectivity index (χ4n) is 2.90. The molecule has 1 aromatic carbocycles. The van der Waals surface area contributed by atoms with Gasteiger partial charge in [0.1, 0.15) is 0 Å². The van der Waals surface area contributed by atoms with Gasteiger partial charge in [0, 0.05) is 18.0 Å². The van der Waals surface area contributed by atoms with E-state index in [0.29, 0.717) is 11.8 Å². The lowest BCUT2D eigenvalue weighted by molar-refractivity contribution is -0.132. The maximum atomic E-state index is 12.8. The van der Waals surface area contributed by atoms with Gasteiger partial charge in [0.25, 0.3) is 0 Å². The van der Waals surface area contributed by atoms with Crippen LogP contribution in [0, 0.1) is 5.92 Å². The molecule has 3 nitrogen and oxygen atoms in total. The first-order valence-corrected chi connectivity index (χ1v) is 8.77. The van der Waals surface area contributed by atoms with E-state index in [9.17, 15) is 4.79 Å². The highest BCUT2D eigenvalue weighted by Crippen LogP contribution is 2.28. The van der Waals surface area contributed by atoms with Crippen LogP contribution >= 0.6 is 11.8 Å². The molecule has 0 spiro atoms. The van der Waals surface area contributed by atoms with E-state index in [-0.39, 0.29) is 5.25 Å². The van der Waals surface area contributed by atoms with Gasteiger partial charge in [-0.25, -0.2) is 0 Å². The first kappa shape index (κ1) is 16.4. The standard InChI is InChI=1S/C17H26N2OS/c1-3-16(21-15-9-5-4-6-10-15)17(20)19-11-7-8-14(13-19)12-18-2/h4-6,9-10,14,16,18H,3,7-8,11-13H2,1-2H3. The summed E-state index contributed by atoms with van der Waals surface area (Å²) in [4.78, 5) is 16.0. The Morgan fingerprint density at radius 2 is 2.19 bits per heavy atom. The lowest BCUT2D eigenvalue weighted by Gasteiger charge is -2.34. The monoisotopic (exact) mass is 306 g/mol. The third-order valence-corrected chi connectivity index (χ3v) is 5.36. The van der Waals surface area contributed by atoms with E-state index in [0.717, 1.165) is 32.5 Å². The van der Waals surface area contributed by atoms with Gasteiger partial charge in [0.15, 0.2) is 0 Å². The number of nitrogens with one attached hydrogen (secondary N) is 1. The predicted octanol–water partition coefficient (Wildman–Crippen LogP) is 3.02. The van der Waals surface area contributed by atoms with Gasteiger partial charge in [-0.1, -0.05) is 25.1 Å². The molecular weight excluding hydrogens is 280 g/mol. The van der Waals surface area contributed by atoms with Gasteiger partial charge in [-0.15, -0.1) is 11.8 Å². The Bertz CT molecular complexity index is 436. The molecule has 0 aliphatic carbocycles. The van der Waals surface area contributed by atoms with Gasteiger partial charge in [-0.2, -0.15) is 0 Å². The maximum Gasteiger partial charge on any atom is 0.236 e. The molecule has 0 bridgehead atoms. The Morgan fingerprint density at radius 1 is 1.43 bits per heavy atom. The summed E-state index contributed by atoms with van der Waals surface area (Å²) >= 11 is 1.70. The zero-order valence-corrected chi connectivity index (χ0v) is 13.9. The van der Waals surface area contributed by atoms with Crippen LogP contribution < -0.4 is 5.32 Å². The molecule has 2 unspecified atom stereocenters. The minimum atomic E-state index is 0.0423. The zero-order valence-electron chi connectivity index (χ0n) is 13.0. The van der Waals surface area contributed by atoms with E-state index >= 15 is 0 Å². The average Bonchev–Trinajstić information content (AvgIpc) is 2.53. The Balaban J connectivity index is 1.95. The van der Waals surface area contributed by atoms with Gasteiger partial charge in [0.05, 0.1) is 5.25 Å². The summed E-state index contributed by atoms with van der Waals surface area (Å²) in [5, 5.41) is 3.28. The first-order chi connectivity index (χ1) is 10.2. The zero-order chi connectivity index (χ0) is 15.1. The normalized spacial score (nSPS) is 20.3. The van der Waals surface area contributed by atoms with Crippen molar-refractivity contribution in [3.05, 3.63) is 30.3 Å². The summed E-state index contributed by atoms with van der Waals surface area (Å²) in [6.45, 7) is 4.94. The van der Waals surface area contributed by atoms with Gasteiger partial charge >= 0.3 is 0 Å². The van der Waals surface area contributed by atoms with E-state index in [1.807, 2.05) is 25.2 Å². The molecule has 4 heteroatoms. The van der Waals surface area contributed by atoms with E-state index in [1.165, 1.54) is 11.3 Å². The quantitative estimate of drug-likeness (QED) is 0.820. The number of piperidine rings is 1. The molecule has 0 saturated carbocycles. The molecule has 1 N–H and O–H groups in total. The van der Waals surface area contributed by atoms with Crippen molar-refractivity contribution in [3.8, 4) is 0 Å². The first-order valence-electron chi connectivity index (χ1n) is 7.89. The maximum absolute atomic E-state index is 12.8. The molecule has 1 heterocycles. The minimum Gasteiger partial charge on any atom is -0.341 e. The molecule has 1 aromatic rings. The van der Waals surface area contributed by atoms with Crippen LogP contribution in [0.3, 0.4) is 0 Å². The number of hydrogen-bond acceptors (Lipinski definition) is 3. The summed E-state index contributed by atoms with van der Waals surface area (Å²) in [5.41, 5.74) is 0. The minimum absolute atomic E-state index is 0.0423. The lowest BCUT2D eigenvalue weighted by Crippen LogP contribution is -2.45. The molecule has 1 fully saturated rings. The molecule has 1 saturated heterocycles. The summed E-state index contributed by atoms with van der Waals surface area (Å²) in [5.74, 6) is 0.916. The molecule has 1 aliphatic rings. The fraction of sp³-hybridized carbons (Fsp3) is 0.588. The lowest BCUT2D eigenvalue weighted by atomic mass is 9.97. The number of hydrogen-bond donors (Lipinski definition) is 1. The SMILES string of the molecule is CCC(Sc1ccccc1)C(=O)N1CCCC(CNC)C1. The van der Waals surface area contributed by atoms with Crippen LogP contribution in [0.15, 0.2) is 35.2 Å². The Labute approximate surface area is 132 Å². The van der Waals surface area contributed by atoms with Gasteiger partial charge < -0.3 is 10.2 Å². The van der Waals surface area contributed by atoms with Gasteiger partial charge in [0.2, 0.25) is 5.91 Å². The predicted molar refractivity (Wildman–Crippen MR) is 89.6 cm³/mol. The van der Waals surface area contributed by atoms with Gasteiger partial charge in [-0.05, 0) is 50.9 Å². The van der Waals surface area contributed by atoms with Gasteiger partial charge in [-0.3, -0.25) is 4.79 Å². The largest absolute Gasteiger partial charge is 0.341 e. The van der Waals surface area contributed by atoms with Crippen molar-refractivity contribution in [2.45, 2.75) is 36.3 Å². The van der Waals surface area contributed by atoms with Crippen molar-refractivity contribution in [1.29, 1.82) is 0 Å². The topological polar surface area (TPSA) is 32.3 Å². The van der Waals surface area contributed by atoms with E-state index < -0.39 is 0 Å². The molecule has 2 atom stereocenters. The van der Waals surface area contributed by atoms with Crippen LogP contribution in [0.2, 0.25) is 0 Å². The van der Waals surface area contributed by atoms with Crippen LogP contribution in [0.25, 0.3) is 0 Å². The van der Waals surface area contributed by atoms with Crippen molar-refractivity contribution in [3.63, 3.8) is 0 Å². The molecule has 116 valence electrons. The van der Waals surface area contributed by atoms with Crippen LogP contribution in [-0.2, 0) is 4.79 Å². The number of benzene rings is 1. The number of carbonyl (C=O) groups excluding carboxylic acids is 1. The second-order valence-electron chi connectivity index (χ2n) is 5.68. The van der Waals surface area contributed by atoms with Crippen LogP contribution in [0.1, 0.15) is 26.2 Å². The number of thioether (sulfide) groups is 1. The molecule has 21 heavy (non-hydrogen) atoms. The highest BCUT2D eigenvalue weighted by Gasteiger charge is 2.28. The second kappa shape index (κ2) is 8.44. The average molecular weight is 306 g/mol. The third-order valence-electron chi connectivity index (χ3n) is 3.99. The molecule has 1 aliphatic heterocycles. The molecular formula is C17H26N2OS. The number of rotatable bonds is 6. The summed E-state index contributed by atoms with van der Waals surface area (Å²) in [6.07, 6.45) is 3.24. The van der Waals surface area contributed by atoms with Crippen molar-refractivity contribution < 1.29 is 4.79 Å². The summed E-state index contributed by atoms with van der Waals surface area (Å²) in [6, 6.07) is 10.2. The van der Waals surface area contributed by atoms with E-state index in [2.05, 4.69) is 29.3 Å². The Hall–Kier alpha value is -1.00. The van der Waals surface area contributed by atoms with Crippen LogP contribution in [-0.4, -0.2) is 42.7 Å². The number of likely N-dealkylation sites (tertiary alicyclic amines) is 1. The smallest absolute Gasteiger partial charge is 0.236 e. The Morgan fingerprint density at radius 3 is 2.86 bits per heavy atom. The van der Waals surface area contributed by atoms with Crippen LogP contribution in [0.5, 0.6) is 0 Å². The van der Waals surface area contributed by atoms with Crippen molar-refractivity contribution in [2.75, 3.05) is 26.7 Å². The van der Waals surface area contributed by atoms with Crippen molar-refractivity contribution in [2.24, 2.45) is 5.92 Å². The Kier molecular flexibility index (Phi) is 6.58. The third kappa shape index (κ3) is 4.75. The second-order valence-corrected chi connectivity index (χ2v) is 6.95. The molecule has 2 rings (SSSR count). The van der Waals surface area contributed by atoms with E-state index in [4.69, 9.17) is 0 Å². The van der Waals surface area contributed by atoms with Crippen LogP contribution in [0.4, 0.5) is 0 Å². The van der Waals surface area contributed by atoms with Crippen molar-refractivity contribution >= 4 is 17.7 Å². The number of carbonyl (C=O) groups is 1. The summed E-state index contributed by atoms with van der Waals surface area (Å²) in [7, 11) is 1.99. The molecule has 0 aromatic heterocycles. The summed E-state index contributed by atoms with van der Waals surface area (Å²) < 4.78 is 0. The highest BCUT2D eigenvalue weighted by atomic mass is 32.2. The number of amides is 1. The fourth-order valence-corrected chi connectivity index (χ4v) is 3.96. The molecule has 0 radical (unpaired) electrons. The highest BCUT2D eigenvalue weighted by molar-refractivity contribution is 8.00. The number of nitrogens with zero attached hydrogens (tertiary/aromatic N) is 1. The van der Waals surface area contributed by atoms with E-state index in [1.54, 1.807) is 11.8 Å².